The normalized spacial score (nSPS) is 23.7. The molecule has 1 heterocycles. The number of rotatable bonds is 2. The van der Waals surface area contributed by atoms with Gasteiger partial charge in [-0.1, -0.05) is 0 Å². The highest BCUT2D eigenvalue weighted by Gasteiger charge is 2.25. The van der Waals surface area contributed by atoms with Crippen LogP contribution in [0.3, 0.4) is 0 Å². The zero-order valence-electron chi connectivity index (χ0n) is 12.5. The molecule has 1 aromatic carbocycles. The monoisotopic (exact) mass is 275 g/mol. The fourth-order valence-electron chi connectivity index (χ4n) is 3.43. The molecule has 4 heteroatoms. The smallest absolute Gasteiger partial charge is 0.119 e. The molecule has 0 radical (unpaired) electrons. The molecule has 1 aliphatic carbocycles. The van der Waals surface area contributed by atoms with Gasteiger partial charge >= 0.3 is 0 Å². The third-order valence-corrected chi connectivity index (χ3v) is 4.83. The van der Waals surface area contributed by atoms with Crippen LogP contribution in [0.4, 0.5) is 5.69 Å². The standard InChI is InChI=1S/C16H25N3O/c1-17-12-3-4-13-14(11-12)15(5-6-16(13)20)19-9-7-18(2)8-10-19/h5-6,12,17,20H,3-4,7-11H2,1-2H3. The highest BCUT2D eigenvalue weighted by Crippen LogP contribution is 2.36. The number of nitrogens with one attached hydrogen (secondary N) is 1. The minimum absolute atomic E-state index is 0.479. The number of hydrogen-bond donors (Lipinski definition) is 2. The Morgan fingerprint density at radius 2 is 1.90 bits per heavy atom. The van der Waals surface area contributed by atoms with Crippen LogP contribution in [0, 0.1) is 0 Å². The summed E-state index contributed by atoms with van der Waals surface area (Å²) in [7, 11) is 4.22. The van der Waals surface area contributed by atoms with Crippen LogP contribution in [0.25, 0.3) is 0 Å². The van der Waals surface area contributed by atoms with E-state index in [1.807, 2.05) is 13.1 Å². The zero-order valence-corrected chi connectivity index (χ0v) is 12.5. The second-order valence-electron chi connectivity index (χ2n) is 6.08. The number of hydrogen-bond acceptors (Lipinski definition) is 4. The van der Waals surface area contributed by atoms with Gasteiger partial charge in [0.1, 0.15) is 5.75 Å². The van der Waals surface area contributed by atoms with Crippen molar-refractivity contribution in [3.63, 3.8) is 0 Å². The number of anilines is 1. The van der Waals surface area contributed by atoms with Gasteiger partial charge < -0.3 is 20.2 Å². The summed E-state index contributed by atoms with van der Waals surface area (Å²) < 4.78 is 0. The lowest BCUT2D eigenvalue weighted by molar-refractivity contribution is 0.312. The van der Waals surface area contributed by atoms with E-state index in [1.165, 1.54) is 16.8 Å². The maximum atomic E-state index is 10.1. The second-order valence-corrected chi connectivity index (χ2v) is 6.08. The van der Waals surface area contributed by atoms with Crippen LogP contribution in [-0.2, 0) is 12.8 Å². The Bertz CT molecular complexity index is 481. The quantitative estimate of drug-likeness (QED) is 0.851. The number of likely N-dealkylation sites (N-methyl/N-ethyl adjacent to an activating group) is 2. The first-order chi connectivity index (χ1) is 9.69. The predicted octanol–water partition coefficient (Wildman–Crippen LogP) is 1.22. The first kappa shape index (κ1) is 13.7. The predicted molar refractivity (Wildman–Crippen MR) is 82.7 cm³/mol. The van der Waals surface area contributed by atoms with E-state index in [9.17, 15) is 5.11 Å². The van der Waals surface area contributed by atoms with Crippen molar-refractivity contribution in [1.29, 1.82) is 0 Å². The molecule has 0 aromatic heterocycles. The summed E-state index contributed by atoms with van der Waals surface area (Å²) in [6.45, 7) is 4.39. The number of benzene rings is 1. The Morgan fingerprint density at radius 1 is 1.15 bits per heavy atom. The summed E-state index contributed by atoms with van der Waals surface area (Å²) in [6.07, 6.45) is 3.12. The average molecular weight is 275 g/mol. The molecule has 0 spiro atoms. The largest absolute Gasteiger partial charge is 0.508 e. The molecule has 0 amide bonds. The number of phenols is 1. The summed E-state index contributed by atoms with van der Waals surface area (Å²) in [6, 6.07) is 4.53. The van der Waals surface area contributed by atoms with Gasteiger partial charge in [-0.3, -0.25) is 0 Å². The number of aromatic hydroxyl groups is 1. The van der Waals surface area contributed by atoms with Crippen molar-refractivity contribution in [3.8, 4) is 5.75 Å². The topological polar surface area (TPSA) is 38.7 Å². The fourth-order valence-corrected chi connectivity index (χ4v) is 3.43. The third kappa shape index (κ3) is 2.50. The van der Waals surface area contributed by atoms with E-state index in [2.05, 4.69) is 28.2 Å². The van der Waals surface area contributed by atoms with Crippen molar-refractivity contribution in [1.82, 2.24) is 10.2 Å². The summed E-state index contributed by atoms with van der Waals surface area (Å²) in [4.78, 5) is 4.86. The number of piperazine rings is 1. The van der Waals surface area contributed by atoms with Gasteiger partial charge in [0.25, 0.3) is 0 Å². The Morgan fingerprint density at radius 3 is 2.60 bits per heavy atom. The molecule has 0 bridgehead atoms. The van der Waals surface area contributed by atoms with Crippen molar-refractivity contribution in [2.45, 2.75) is 25.3 Å². The highest BCUT2D eigenvalue weighted by atomic mass is 16.3. The van der Waals surface area contributed by atoms with Crippen LogP contribution < -0.4 is 10.2 Å². The van der Waals surface area contributed by atoms with Crippen molar-refractivity contribution in [2.24, 2.45) is 0 Å². The highest BCUT2D eigenvalue weighted by molar-refractivity contribution is 5.62. The fraction of sp³-hybridized carbons (Fsp3) is 0.625. The minimum atomic E-state index is 0.479. The van der Waals surface area contributed by atoms with Crippen molar-refractivity contribution in [2.75, 3.05) is 45.2 Å². The Hall–Kier alpha value is -1.26. The summed E-state index contributed by atoms with van der Waals surface area (Å²) in [5, 5.41) is 13.5. The van der Waals surface area contributed by atoms with Gasteiger partial charge in [0.2, 0.25) is 0 Å². The summed E-state index contributed by atoms with van der Waals surface area (Å²) in [5.74, 6) is 0.479. The van der Waals surface area contributed by atoms with Crippen LogP contribution in [-0.4, -0.2) is 56.3 Å². The van der Waals surface area contributed by atoms with Gasteiger partial charge in [-0.25, -0.2) is 0 Å². The van der Waals surface area contributed by atoms with Gasteiger partial charge in [-0.2, -0.15) is 0 Å². The molecular formula is C16H25N3O. The van der Waals surface area contributed by atoms with Gasteiger partial charge in [-0.15, -0.1) is 0 Å². The lowest BCUT2D eigenvalue weighted by Gasteiger charge is -2.37. The van der Waals surface area contributed by atoms with Crippen LogP contribution >= 0.6 is 0 Å². The van der Waals surface area contributed by atoms with Crippen LogP contribution in [0.5, 0.6) is 5.75 Å². The molecule has 1 atom stereocenters. The molecule has 1 fully saturated rings. The number of fused-ring (bicyclic) bond motifs is 1. The Labute approximate surface area is 121 Å². The van der Waals surface area contributed by atoms with E-state index in [0.29, 0.717) is 11.8 Å². The maximum absolute atomic E-state index is 10.1. The molecule has 3 rings (SSSR count). The molecular weight excluding hydrogens is 250 g/mol. The van der Waals surface area contributed by atoms with Crippen molar-refractivity contribution in [3.05, 3.63) is 23.3 Å². The third-order valence-electron chi connectivity index (χ3n) is 4.83. The molecule has 4 nitrogen and oxygen atoms in total. The Balaban J connectivity index is 1.91. The molecule has 2 N–H and O–H groups in total. The lowest BCUT2D eigenvalue weighted by Crippen LogP contribution is -2.45. The van der Waals surface area contributed by atoms with Crippen molar-refractivity contribution < 1.29 is 5.11 Å². The number of nitrogens with zero attached hydrogens (tertiary/aromatic N) is 2. The van der Waals surface area contributed by atoms with Gasteiger partial charge in [0, 0.05) is 37.9 Å². The molecule has 1 aromatic rings. The lowest BCUT2D eigenvalue weighted by atomic mass is 9.86. The minimum Gasteiger partial charge on any atom is -0.508 e. The first-order valence-electron chi connectivity index (χ1n) is 7.63. The Kier molecular flexibility index (Phi) is 3.85. The zero-order chi connectivity index (χ0) is 14.1. The van der Waals surface area contributed by atoms with E-state index >= 15 is 0 Å². The summed E-state index contributed by atoms with van der Waals surface area (Å²) >= 11 is 0. The average Bonchev–Trinajstić information content (AvgIpc) is 2.48. The van der Waals surface area contributed by atoms with Gasteiger partial charge in [-0.05, 0) is 56.6 Å². The van der Waals surface area contributed by atoms with Crippen molar-refractivity contribution >= 4 is 5.69 Å². The van der Waals surface area contributed by atoms with Gasteiger partial charge in [0.05, 0.1) is 0 Å². The summed E-state index contributed by atoms with van der Waals surface area (Å²) in [5.41, 5.74) is 3.87. The van der Waals surface area contributed by atoms with Crippen LogP contribution in [0.1, 0.15) is 17.5 Å². The van der Waals surface area contributed by atoms with E-state index in [-0.39, 0.29) is 0 Å². The SMILES string of the molecule is CNC1CCc2c(O)ccc(N3CCN(C)CC3)c2C1. The van der Waals surface area contributed by atoms with E-state index < -0.39 is 0 Å². The molecule has 0 saturated carbocycles. The van der Waals surface area contributed by atoms with Gasteiger partial charge in [0.15, 0.2) is 0 Å². The van der Waals surface area contributed by atoms with Crippen LogP contribution in [0.15, 0.2) is 12.1 Å². The first-order valence-corrected chi connectivity index (χ1v) is 7.63. The molecule has 1 unspecified atom stereocenters. The molecule has 1 saturated heterocycles. The molecule has 1 aliphatic heterocycles. The molecule has 20 heavy (non-hydrogen) atoms. The number of phenolic OH excluding ortho intramolecular Hbond substituents is 1. The van der Waals surface area contributed by atoms with E-state index in [0.717, 1.165) is 45.4 Å². The molecule has 110 valence electrons. The van der Waals surface area contributed by atoms with E-state index in [1.54, 1.807) is 0 Å². The second kappa shape index (κ2) is 5.62. The van der Waals surface area contributed by atoms with Crippen LogP contribution in [0.2, 0.25) is 0 Å². The molecule has 2 aliphatic rings. The van der Waals surface area contributed by atoms with E-state index in [4.69, 9.17) is 0 Å². The maximum Gasteiger partial charge on any atom is 0.119 e.